The molecular weight excluding hydrogens is 324 g/mol. The van der Waals surface area contributed by atoms with E-state index in [1.54, 1.807) is 18.2 Å². The van der Waals surface area contributed by atoms with Gasteiger partial charge in [-0.2, -0.15) is 8.78 Å². The third-order valence-electron chi connectivity index (χ3n) is 3.18. The van der Waals surface area contributed by atoms with Crippen LogP contribution in [0.15, 0.2) is 59.1 Å². The van der Waals surface area contributed by atoms with Crippen molar-refractivity contribution in [3.05, 3.63) is 70.2 Å². The van der Waals surface area contributed by atoms with Gasteiger partial charge in [-0.25, -0.2) is 0 Å². The molecule has 2 rings (SSSR count). The molecule has 106 valence electrons. The number of nitrogens with one attached hydrogen (secondary N) is 1. The first kappa shape index (κ1) is 15.1. The molecule has 2 aromatic rings. The van der Waals surface area contributed by atoms with Crippen molar-refractivity contribution in [2.75, 3.05) is 6.54 Å². The molecule has 0 heterocycles. The van der Waals surface area contributed by atoms with E-state index in [4.69, 9.17) is 0 Å². The minimum absolute atomic E-state index is 0.0361. The molecule has 0 radical (unpaired) electrons. The molecule has 0 aliphatic rings. The van der Waals surface area contributed by atoms with Crippen LogP contribution in [0.5, 0.6) is 0 Å². The molecule has 0 saturated carbocycles. The van der Waals surface area contributed by atoms with E-state index >= 15 is 0 Å². The first-order valence-corrected chi connectivity index (χ1v) is 7.20. The van der Waals surface area contributed by atoms with Gasteiger partial charge in [0.1, 0.15) is 0 Å². The second-order valence-corrected chi connectivity index (χ2v) is 5.64. The quantitative estimate of drug-likeness (QED) is 0.817. The highest BCUT2D eigenvalue weighted by Gasteiger charge is 2.31. The fraction of sp³-hybridized carbons (Fsp3) is 0.250. The second kappa shape index (κ2) is 6.46. The molecule has 0 aliphatic carbocycles. The molecule has 2 aromatic carbocycles. The lowest BCUT2D eigenvalue weighted by Crippen LogP contribution is -2.32. The standard InChI is InChI=1S/C16H16BrF2N/c1-12(13-6-5-9-15(17)10-13)20-11-16(18,19)14-7-3-2-4-8-14/h2-10,12,20H,11H2,1H3/t12-/m0/s1. The first-order valence-electron chi connectivity index (χ1n) is 6.41. The van der Waals surface area contributed by atoms with Crippen LogP contribution in [0, 0.1) is 0 Å². The molecule has 0 aromatic heterocycles. The summed E-state index contributed by atoms with van der Waals surface area (Å²) < 4.78 is 29.0. The molecule has 20 heavy (non-hydrogen) atoms. The molecule has 0 spiro atoms. The predicted octanol–water partition coefficient (Wildman–Crippen LogP) is 4.89. The first-order chi connectivity index (χ1) is 9.49. The largest absolute Gasteiger partial charge is 0.304 e. The van der Waals surface area contributed by atoms with Gasteiger partial charge in [-0.05, 0) is 24.6 Å². The monoisotopic (exact) mass is 339 g/mol. The molecule has 0 bridgehead atoms. The number of hydrogen-bond acceptors (Lipinski definition) is 1. The van der Waals surface area contributed by atoms with Gasteiger partial charge in [0.2, 0.25) is 0 Å². The van der Waals surface area contributed by atoms with Gasteiger partial charge >= 0.3 is 0 Å². The van der Waals surface area contributed by atoms with Crippen LogP contribution in [-0.4, -0.2) is 6.54 Å². The van der Waals surface area contributed by atoms with E-state index in [-0.39, 0.29) is 18.2 Å². The lowest BCUT2D eigenvalue weighted by atomic mass is 10.1. The Balaban J connectivity index is 2.01. The second-order valence-electron chi connectivity index (χ2n) is 4.73. The van der Waals surface area contributed by atoms with Crippen LogP contribution in [0.2, 0.25) is 0 Å². The Morgan fingerprint density at radius 1 is 1.10 bits per heavy atom. The maximum Gasteiger partial charge on any atom is 0.285 e. The van der Waals surface area contributed by atoms with Crippen molar-refractivity contribution in [3.8, 4) is 0 Å². The van der Waals surface area contributed by atoms with Gasteiger partial charge in [0.05, 0.1) is 6.54 Å². The van der Waals surface area contributed by atoms with Crippen molar-refractivity contribution in [1.82, 2.24) is 5.32 Å². The Labute approximate surface area is 126 Å². The number of hydrogen-bond donors (Lipinski definition) is 1. The highest BCUT2D eigenvalue weighted by atomic mass is 79.9. The number of benzene rings is 2. The Morgan fingerprint density at radius 2 is 1.80 bits per heavy atom. The number of rotatable bonds is 5. The van der Waals surface area contributed by atoms with E-state index in [0.29, 0.717) is 0 Å². The van der Waals surface area contributed by atoms with Crippen LogP contribution >= 0.6 is 15.9 Å². The van der Waals surface area contributed by atoms with Crippen LogP contribution in [-0.2, 0) is 5.92 Å². The minimum Gasteiger partial charge on any atom is -0.304 e. The van der Waals surface area contributed by atoms with E-state index in [1.807, 2.05) is 31.2 Å². The van der Waals surface area contributed by atoms with E-state index in [0.717, 1.165) is 10.0 Å². The van der Waals surface area contributed by atoms with Crippen LogP contribution in [0.1, 0.15) is 24.1 Å². The molecule has 0 amide bonds. The Morgan fingerprint density at radius 3 is 2.45 bits per heavy atom. The Kier molecular flexibility index (Phi) is 4.89. The van der Waals surface area contributed by atoms with Crippen LogP contribution in [0.3, 0.4) is 0 Å². The van der Waals surface area contributed by atoms with E-state index in [1.165, 1.54) is 12.1 Å². The Hall–Kier alpha value is -1.26. The minimum atomic E-state index is -2.87. The van der Waals surface area contributed by atoms with E-state index in [9.17, 15) is 8.78 Å². The highest BCUT2D eigenvalue weighted by molar-refractivity contribution is 9.10. The highest BCUT2D eigenvalue weighted by Crippen LogP contribution is 2.28. The van der Waals surface area contributed by atoms with Gasteiger partial charge < -0.3 is 5.32 Å². The summed E-state index contributed by atoms with van der Waals surface area (Å²) in [5, 5.41) is 2.89. The summed E-state index contributed by atoms with van der Waals surface area (Å²) in [6.45, 7) is 1.49. The predicted molar refractivity (Wildman–Crippen MR) is 80.9 cm³/mol. The molecule has 4 heteroatoms. The summed E-state index contributed by atoms with van der Waals surface area (Å²) in [4.78, 5) is 0. The number of halogens is 3. The zero-order chi connectivity index (χ0) is 14.6. The van der Waals surface area contributed by atoms with E-state index in [2.05, 4.69) is 21.2 Å². The summed E-state index contributed by atoms with van der Waals surface area (Å²) in [5.41, 5.74) is 1.01. The third kappa shape index (κ3) is 3.87. The smallest absolute Gasteiger partial charge is 0.285 e. The number of alkyl halides is 2. The normalized spacial score (nSPS) is 13.2. The van der Waals surface area contributed by atoms with Crippen molar-refractivity contribution in [3.63, 3.8) is 0 Å². The van der Waals surface area contributed by atoms with Crippen molar-refractivity contribution < 1.29 is 8.78 Å². The lowest BCUT2D eigenvalue weighted by molar-refractivity contribution is -0.00534. The summed E-state index contributed by atoms with van der Waals surface area (Å²) in [5.74, 6) is -2.87. The van der Waals surface area contributed by atoms with E-state index < -0.39 is 5.92 Å². The molecule has 0 saturated heterocycles. The molecule has 0 aliphatic heterocycles. The lowest BCUT2D eigenvalue weighted by Gasteiger charge is -2.21. The topological polar surface area (TPSA) is 12.0 Å². The summed E-state index contributed by atoms with van der Waals surface area (Å²) in [6.07, 6.45) is 0. The molecular formula is C16H16BrF2N. The fourth-order valence-electron chi connectivity index (χ4n) is 1.96. The van der Waals surface area contributed by atoms with Gasteiger partial charge in [-0.15, -0.1) is 0 Å². The van der Waals surface area contributed by atoms with Crippen LogP contribution < -0.4 is 5.32 Å². The summed E-state index contributed by atoms with van der Waals surface area (Å²) in [7, 11) is 0. The van der Waals surface area contributed by atoms with Gasteiger partial charge in [0, 0.05) is 16.1 Å². The zero-order valence-corrected chi connectivity index (χ0v) is 12.7. The van der Waals surface area contributed by atoms with Crippen LogP contribution in [0.4, 0.5) is 8.78 Å². The van der Waals surface area contributed by atoms with Crippen molar-refractivity contribution in [1.29, 1.82) is 0 Å². The third-order valence-corrected chi connectivity index (χ3v) is 3.67. The van der Waals surface area contributed by atoms with Gasteiger partial charge in [-0.3, -0.25) is 0 Å². The average Bonchev–Trinajstić information content (AvgIpc) is 2.46. The summed E-state index contributed by atoms with van der Waals surface area (Å²) >= 11 is 3.38. The average molecular weight is 340 g/mol. The maximum atomic E-state index is 14.0. The molecule has 0 unspecified atom stereocenters. The molecule has 1 nitrogen and oxygen atoms in total. The van der Waals surface area contributed by atoms with Crippen molar-refractivity contribution in [2.24, 2.45) is 0 Å². The Bertz CT molecular complexity index is 557. The SMILES string of the molecule is C[C@H](NCC(F)(F)c1ccccc1)c1cccc(Br)c1. The summed E-state index contributed by atoms with van der Waals surface area (Å²) in [6, 6.07) is 15.4. The fourth-order valence-corrected chi connectivity index (χ4v) is 2.38. The van der Waals surface area contributed by atoms with Gasteiger partial charge in [-0.1, -0.05) is 58.4 Å². The molecule has 1 atom stereocenters. The van der Waals surface area contributed by atoms with Gasteiger partial charge in [0.25, 0.3) is 5.92 Å². The van der Waals surface area contributed by atoms with Crippen molar-refractivity contribution in [2.45, 2.75) is 18.9 Å². The van der Waals surface area contributed by atoms with Crippen LogP contribution in [0.25, 0.3) is 0 Å². The zero-order valence-electron chi connectivity index (χ0n) is 11.1. The van der Waals surface area contributed by atoms with Gasteiger partial charge in [0.15, 0.2) is 0 Å². The maximum absolute atomic E-state index is 14.0. The molecule has 1 N–H and O–H groups in total. The van der Waals surface area contributed by atoms with Crippen molar-refractivity contribution >= 4 is 15.9 Å². The molecule has 0 fully saturated rings.